The zero-order chi connectivity index (χ0) is 22.1. The minimum Gasteiger partial charge on any atom is -0.326 e. The molecule has 0 fully saturated rings. The Kier molecular flexibility index (Phi) is 8.24. The summed E-state index contributed by atoms with van der Waals surface area (Å²) in [6.45, 7) is 2.05. The standard InChI is InChI=1S/C25H25FN2O2S/c1-2-3-13-23(29)27-19-14-16-20(17-15-19)31-24(18-9-5-4-6-10-18)25(30)28-22-12-8-7-11-21(22)26/h4-12,14-17,24H,2-3,13H2,1H3,(H,27,29)(H,28,30). The van der Waals surface area contributed by atoms with Gasteiger partial charge in [0.2, 0.25) is 11.8 Å². The molecule has 6 heteroatoms. The van der Waals surface area contributed by atoms with Gasteiger partial charge in [0.25, 0.3) is 0 Å². The lowest BCUT2D eigenvalue weighted by molar-refractivity contribution is -0.116. The molecule has 3 aromatic rings. The van der Waals surface area contributed by atoms with Gasteiger partial charge in [-0.2, -0.15) is 0 Å². The maximum Gasteiger partial charge on any atom is 0.242 e. The van der Waals surface area contributed by atoms with Gasteiger partial charge < -0.3 is 10.6 Å². The first kappa shape index (κ1) is 22.6. The predicted molar refractivity (Wildman–Crippen MR) is 125 cm³/mol. The summed E-state index contributed by atoms with van der Waals surface area (Å²) in [5, 5.41) is 5.01. The monoisotopic (exact) mass is 436 g/mol. The summed E-state index contributed by atoms with van der Waals surface area (Å²) in [5.41, 5.74) is 1.69. The summed E-state index contributed by atoms with van der Waals surface area (Å²) in [5.74, 6) is -0.789. The molecule has 2 N–H and O–H groups in total. The van der Waals surface area contributed by atoms with Gasteiger partial charge in [0, 0.05) is 17.0 Å². The largest absolute Gasteiger partial charge is 0.326 e. The van der Waals surface area contributed by atoms with Crippen molar-refractivity contribution in [1.82, 2.24) is 0 Å². The molecule has 0 aliphatic heterocycles. The van der Waals surface area contributed by atoms with Gasteiger partial charge in [-0.15, -0.1) is 11.8 Å². The van der Waals surface area contributed by atoms with Crippen molar-refractivity contribution in [2.24, 2.45) is 0 Å². The zero-order valence-electron chi connectivity index (χ0n) is 17.3. The number of carbonyl (C=O) groups is 2. The second-order valence-electron chi connectivity index (χ2n) is 7.05. The molecule has 1 atom stereocenters. The average Bonchev–Trinajstić information content (AvgIpc) is 2.79. The Balaban J connectivity index is 1.74. The van der Waals surface area contributed by atoms with E-state index in [2.05, 4.69) is 10.6 Å². The van der Waals surface area contributed by atoms with Crippen molar-refractivity contribution in [1.29, 1.82) is 0 Å². The van der Waals surface area contributed by atoms with E-state index in [0.29, 0.717) is 6.42 Å². The normalized spacial score (nSPS) is 11.5. The lowest BCUT2D eigenvalue weighted by Crippen LogP contribution is -2.19. The highest BCUT2D eigenvalue weighted by molar-refractivity contribution is 8.00. The lowest BCUT2D eigenvalue weighted by Gasteiger charge is -2.17. The first-order chi connectivity index (χ1) is 15.1. The van der Waals surface area contributed by atoms with Crippen LogP contribution in [0.5, 0.6) is 0 Å². The number of benzene rings is 3. The fourth-order valence-electron chi connectivity index (χ4n) is 2.98. The van der Waals surface area contributed by atoms with Crippen molar-refractivity contribution in [2.45, 2.75) is 36.3 Å². The maximum absolute atomic E-state index is 14.0. The second-order valence-corrected chi connectivity index (χ2v) is 8.23. The number of rotatable bonds is 9. The molecule has 0 aromatic heterocycles. The Morgan fingerprint density at radius 3 is 2.26 bits per heavy atom. The third-order valence-electron chi connectivity index (χ3n) is 4.62. The molecule has 3 rings (SSSR count). The van der Waals surface area contributed by atoms with Crippen molar-refractivity contribution >= 4 is 35.0 Å². The molecule has 3 aromatic carbocycles. The Labute approximate surface area is 186 Å². The van der Waals surface area contributed by atoms with E-state index in [1.54, 1.807) is 12.1 Å². The lowest BCUT2D eigenvalue weighted by atomic mass is 10.1. The van der Waals surface area contributed by atoms with E-state index in [4.69, 9.17) is 0 Å². The van der Waals surface area contributed by atoms with Gasteiger partial charge in [-0.05, 0) is 48.4 Å². The van der Waals surface area contributed by atoms with E-state index in [9.17, 15) is 14.0 Å². The first-order valence-electron chi connectivity index (χ1n) is 10.2. The van der Waals surface area contributed by atoms with Crippen LogP contribution in [-0.2, 0) is 9.59 Å². The molecule has 31 heavy (non-hydrogen) atoms. The van der Waals surface area contributed by atoms with Gasteiger partial charge >= 0.3 is 0 Å². The zero-order valence-corrected chi connectivity index (χ0v) is 18.1. The van der Waals surface area contributed by atoms with Crippen LogP contribution in [0.3, 0.4) is 0 Å². The van der Waals surface area contributed by atoms with E-state index in [-0.39, 0.29) is 17.5 Å². The molecular weight excluding hydrogens is 411 g/mol. The maximum atomic E-state index is 14.0. The topological polar surface area (TPSA) is 58.2 Å². The molecule has 0 heterocycles. The van der Waals surface area contributed by atoms with Crippen molar-refractivity contribution < 1.29 is 14.0 Å². The molecule has 160 valence electrons. The molecule has 0 radical (unpaired) electrons. The van der Waals surface area contributed by atoms with Gasteiger partial charge in [0.05, 0.1) is 5.69 Å². The molecule has 0 saturated heterocycles. The number of anilines is 2. The van der Waals surface area contributed by atoms with Crippen molar-refractivity contribution in [3.8, 4) is 0 Å². The van der Waals surface area contributed by atoms with E-state index in [1.165, 1.54) is 23.9 Å². The molecule has 1 unspecified atom stereocenters. The summed E-state index contributed by atoms with van der Waals surface area (Å²) < 4.78 is 14.0. The van der Waals surface area contributed by atoms with Gasteiger partial charge in [-0.3, -0.25) is 9.59 Å². The summed E-state index contributed by atoms with van der Waals surface area (Å²) in [6.07, 6.45) is 2.33. The van der Waals surface area contributed by atoms with Crippen LogP contribution in [0.15, 0.2) is 83.8 Å². The van der Waals surface area contributed by atoms with Gasteiger partial charge in [-0.25, -0.2) is 4.39 Å². The Morgan fingerprint density at radius 2 is 1.58 bits per heavy atom. The summed E-state index contributed by atoms with van der Waals surface area (Å²) in [7, 11) is 0. The van der Waals surface area contributed by atoms with Crippen molar-refractivity contribution in [2.75, 3.05) is 10.6 Å². The molecule has 0 aliphatic carbocycles. The molecule has 4 nitrogen and oxygen atoms in total. The predicted octanol–water partition coefficient (Wildman–Crippen LogP) is 6.43. The third kappa shape index (κ3) is 6.69. The van der Waals surface area contributed by atoms with Crippen molar-refractivity contribution in [3.63, 3.8) is 0 Å². The smallest absolute Gasteiger partial charge is 0.242 e. The van der Waals surface area contributed by atoms with Crippen LogP contribution in [0.4, 0.5) is 15.8 Å². The van der Waals surface area contributed by atoms with Crippen LogP contribution in [0.2, 0.25) is 0 Å². The van der Waals surface area contributed by atoms with Gasteiger partial charge in [0.15, 0.2) is 0 Å². The second kappa shape index (κ2) is 11.3. The number of nitrogens with one attached hydrogen (secondary N) is 2. The third-order valence-corrected chi connectivity index (χ3v) is 5.89. The minimum atomic E-state index is -0.564. The fourth-order valence-corrected chi connectivity index (χ4v) is 4.00. The number of hydrogen-bond donors (Lipinski definition) is 2. The highest BCUT2D eigenvalue weighted by atomic mass is 32.2. The fraction of sp³-hybridized carbons (Fsp3) is 0.200. The van der Waals surface area contributed by atoms with E-state index < -0.39 is 11.1 Å². The Morgan fingerprint density at radius 1 is 0.903 bits per heavy atom. The van der Waals surface area contributed by atoms with Crippen LogP contribution >= 0.6 is 11.8 Å². The number of para-hydroxylation sites is 1. The first-order valence-corrected chi connectivity index (χ1v) is 11.1. The number of hydrogen-bond acceptors (Lipinski definition) is 3. The molecule has 0 spiro atoms. The van der Waals surface area contributed by atoms with E-state index >= 15 is 0 Å². The molecule has 2 amide bonds. The minimum absolute atomic E-state index is 0.00585. The molecule has 0 aliphatic rings. The highest BCUT2D eigenvalue weighted by Gasteiger charge is 2.23. The van der Waals surface area contributed by atoms with E-state index in [0.717, 1.165) is 29.0 Å². The SMILES string of the molecule is CCCCC(=O)Nc1ccc(SC(C(=O)Nc2ccccc2F)c2ccccc2)cc1. The summed E-state index contributed by atoms with van der Waals surface area (Å²) in [4.78, 5) is 25.8. The average molecular weight is 437 g/mol. The number of carbonyl (C=O) groups excluding carboxylic acids is 2. The Hall–Kier alpha value is -3.12. The van der Waals surface area contributed by atoms with Crippen LogP contribution < -0.4 is 10.6 Å². The summed E-state index contributed by atoms with van der Waals surface area (Å²) in [6, 6.07) is 22.9. The van der Waals surface area contributed by atoms with E-state index in [1.807, 2.05) is 61.5 Å². The molecule has 0 saturated carbocycles. The molecule has 0 bridgehead atoms. The van der Waals surface area contributed by atoms with Crippen LogP contribution in [0.1, 0.15) is 37.0 Å². The number of thioether (sulfide) groups is 1. The quantitative estimate of drug-likeness (QED) is 0.380. The number of amides is 2. The van der Waals surface area contributed by atoms with Crippen LogP contribution in [0, 0.1) is 5.82 Å². The number of unbranched alkanes of at least 4 members (excludes halogenated alkanes) is 1. The molecular formula is C25H25FN2O2S. The number of halogens is 1. The van der Waals surface area contributed by atoms with Crippen LogP contribution in [0.25, 0.3) is 0 Å². The Bertz CT molecular complexity index is 1010. The van der Waals surface area contributed by atoms with Crippen LogP contribution in [-0.4, -0.2) is 11.8 Å². The van der Waals surface area contributed by atoms with Gasteiger partial charge in [0.1, 0.15) is 11.1 Å². The van der Waals surface area contributed by atoms with Gasteiger partial charge in [-0.1, -0.05) is 55.8 Å². The summed E-state index contributed by atoms with van der Waals surface area (Å²) >= 11 is 1.37. The highest BCUT2D eigenvalue weighted by Crippen LogP contribution is 2.37. The van der Waals surface area contributed by atoms with Crippen molar-refractivity contribution in [3.05, 3.63) is 90.2 Å².